The molecule has 1 atom stereocenters. The fourth-order valence-electron chi connectivity index (χ4n) is 1.90. The second-order valence-electron chi connectivity index (χ2n) is 5.36. The monoisotopic (exact) mass is 296 g/mol. The van der Waals surface area contributed by atoms with Gasteiger partial charge >= 0.3 is 0 Å². The van der Waals surface area contributed by atoms with Crippen molar-refractivity contribution in [3.63, 3.8) is 0 Å². The summed E-state index contributed by atoms with van der Waals surface area (Å²) in [5.41, 5.74) is 6.70. The van der Waals surface area contributed by atoms with Crippen molar-refractivity contribution in [3.05, 3.63) is 29.6 Å². The first-order valence-electron chi connectivity index (χ1n) is 7.31. The van der Waals surface area contributed by atoms with Gasteiger partial charge in [-0.1, -0.05) is 6.92 Å². The van der Waals surface area contributed by atoms with Gasteiger partial charge in [0.1, 0.15) is 11.6 Å². The van der Waals surface area contributed by atoms with Crippen molar-refractivity contribution in [2.75, 3.05) is 20.7 Å². The summed E-state index contributed by atoms with van der Waals surface area (Å²) in [5.74, 6) is 0.437. The van der Waals surface area contributed by atoms with Crippen molar-refractivity contribution >= 4 is 5.91 Å². The van der Waals surface area contributed by atoms with Crippen LogP contribution < -0.4 is 10.5 Å². The minimum Gasteiger partial charge on any atom is -0.493 e. The summed E-state index contributed by atoms with van der Waals surface area (Å²) in [6.45, 7) is 2.43. The molecule has 0 spiro atoms. The van der Waals surface area contributed by atoms with E-state index in [1.807, 2.05) is 6.92 Å². The second kappa shape index (κ2) is 8.62. The fraction of sp³-hybridized carbons (Fsp3) is 0.562. The first-order valence-corrected chi connectivity index (χ1v) is 7.31. The van der Waals surface area contributed by atoms with E-state index in [0.29, 0.717) is 31.6 Å². The average Bonchev–Trinajstić information content (AvgIpc) is 2.44. The molecule has 0 aliphatic carbocycles. The van der Waals surface area contributed by atoms with Crippen molar-refractivity contribution in [1.82, 2.24) is 4.90 Å². The van der Waals surface area contributed by atoms with Crippen LogP contribution in [0.5, 0.6) is 5.75 Å². The summed E-state index contributed by atoms with van der Waals surface area (Å²) in [5, 5.41) is 0. The van der Waals surface area contributed by atoms with Crippen molar-refractivity contribution in [3.8, 4) is 5.75 Å². The molecule has 118 valence electrons. The van der Waals surface area contributed by atoms with E-state index in [1.165, 1.54) is 12.1 Å². The van der Waals surface area contributed by atoms with E-state index in [1.54, 1.807) is 25.1 Å². The van der Waals surface area contributed by atoms with Crippen molar-refractivity contribution < 1.29 is 13.9 Å². The Morgan fingerprint density at radius 2 is 2.14 bits per heavy atom. The Balaban J connectivity index is 2.56. The number of hydrogen-bond donors (Lipinski definition) is 1. The van der Waals surface area contributed by atoms with Crippen LogP contribution in [-0.4, -0.2) is 37.6 Å². The molecule has 1 aromatic carbocycles. The maximum Gasteiger partial charge on any atom is 0.222 e. The van der Waals surface area contributed by atoms with Crippen molar-refractivity contribution in [1.29, 1.82) is 0 Å². The molecular weight excluding hydrogens is 271 g/mol. The van der Waals surface area contributed by atoms with Crippen LogP contribution >= 0.6 is 0 Å². The zero-order valence-electron chi connectivity index (χ0n) is 13.1. The van der Waals surface area contributed by atoms with Gasteiger partial charge in [-0.25, -0.2) is 4.39 Å². The summed E-state index contributed by atoms with van der Waals surface area (Å²) < 4.78 is 19.0. The highest BCUT2D eigenvalue weighted by molar-refractivity contribution is 5.75. The van der Waals surface area contributed by atoms with Crippen LogP contribution in [0, 0.1) is 5.82 Å². The van der Waals surface area contributed by atoms with Gasteiger partial charge in [0, 0.05) is 26.6 Å². The molecule has 0 radical (unpaired) electrons. The van der Waals surface area contributed by atoms with Gasteiger partial charge in [-0.2, -0.15) is 0 Å². The van der Waals surface area contributed by atoms with Crippen LogP contribution in [0.4, 0.5) is 4.39 Å². The Hall–Kier alpha value is -1.62. The normalized spacial score (nSPS) is 12.0. The van der Waals surface area contributed by atoms with Crippen molar-refractivity contribution in [2.45, 2.75) is 38.6 Å². The van der Waals surface area contributed by atoms with Gasteiger partial charge in [-0.05, 0) is 43.0 Å². The third-order valence-corrected chi connectivity index (χ3v) is 3.32. The molecule has 0 aliphatic rings. The Labute approximate surface area is 126 Å². The lowest BCUT2D eigenvalue weighted by Crippen LogP contribution is -2.22. The lowest BCUT2D eigenvalue weighted by Gasteiger charge is -2.15. The molecule has 0 saturated carbocycles. The Bertz CT molecular complexity index is 464. The van der Waals surface area contributed by atoms with Crippen LogP contribution in [0.1, 0.15) is 31.7 Å². The summed E-state index contributed by atoms with van der Waals surface area (Å²) >= 11 is 0. The van der Waals surface area contributed by atoms with Gasteiger partial charge in [0.2, 0.25) is 5.91 Å². The zero-order chi connectivity index (χ0) is 15.8. The third kappa shape index (κ3) is 6.12. The number of rotatable bonds is 8. The molecule has 21 heavy (non-hydrogen) atoms. The highest BCUT2D eigenvalue weighted by atomic mass is 19.1. The third-order valence-electron chi connectivity index (χ3n) is 3.32. The summed E-state index contributed by atoms with van der Waals surface area (Å²) in [6.07, 6.45) is 2.49. The maximum absolute atomic E-state index is 13.3. The average molecular weight is 296 g/mol. The van der Waals surface area contributed by atoms with Crippen LogP contribution in [0.15, 0.2) is 18.2 Å². The highest BCUT2D eigenvalue weighted by Crippen LogP contribution is 2.22. The molecule has 5 heteroatoms. The van der Waals surface area contributed by atoms with Gasteiger partial charge in [0.25, 0.3) is 0 Å². The van der Waals surface area contributed by atoms with Gasteiger partial charge in [0.15, 0.2) is 0 Å². The molecule has 0 fully saturated rings. The molecule has 0 aliphatic heterocycles. The van der Waals surface area contributed by atoms with E-state index in [0.717, 1.165) is 12.0 Å². The highest BCUT2D eigenvalue weighted by Gasteiger charge is 2.10. The van der Waals surface area contributed by atoms with Crippen molar-refractivity contribution in [2.24, 2.45) is 5.73 Å². The smallest absolute Gasteiger partial charge is 0.222 e. The first-order chi connectivity index (χ1) is 9.93. The number of carbonyl (C=O) groups is 1. The Morgan fingerprint density at radius 3 is 2.76 bits per heavy atom. The van der Waals surface area contributed by atoms with Gasteiger partial charge in [-0.3, -0.25) is 4.79 Å². The molecule has 1 aromatic rings. The lowest BCUT2D eigenvalue weighted by molar-refractivity contribution is -0.128. The van der Waals surface area contributed by atoms with Gasteiger partial charge < -0.3 is 15.4 Å². The van der Waals surface area contributed by atoms with Crippen LogP contribution in [-0.2, 0) is 11.2 Å². The SMILES string of the molecule is CCC(N)Cc1cc(F)ccc1OCCCC(=O)N(C)C. The predicted octanol–water partition coefficient (Wildman–Crippen LogP) is 2.35. The molecule has 2 N–H and O–H groups in total. The quantitative estimate of drug-likeness (QED) is 0.749. The number of halogens is 1. The van der Waals surface area contributed by atoms with E-state index in [-0.39, 0.29) is 17.8 Å². The molecular formula is C16H25FN2O2. The van der Waals surface area contributed by atoms with E-state index >= 15 is 0 Å². The van der Waals surface area contributed by atoms with E-state index in [9.17, 15) is 9.18 Å². The Morgan fingerprint density at radius 1 is 1.43 bits per heavy atom. The molecule has 0 bridgehead atoms. The van der Waals surface area contributed by atoms with E-state index < -0.39 is 0 Å². The lowest BCUT2D eigenvalue weighted by atomic mass is 10.0. The molecule has 4 nitrogen and oxygen atoms in total. The number of nitrogens with zero attached hydrogens (tertiary/aromatic N) is 1. The van der Waals surface area contributed by atoms with Crippen LogP contribution in [0.25, 0.3) is 0 Å². The number of hydrogen-bond acceptors (Lipinski definition) is 3. The molecule has 1 amide bonds. The number of benzene rings is 1. The largest absolute Gasteiger partial charge is 0.493 e. The molecule has 0 aromatic heterocycles. The fourth-order valence-corrected chi connectivity index (χ4v) is 1.90. The van der Waals surface area contributed by atoms with E-state index in [4.69, 9.17) is 10.5 Å². The molecule has 1 unspecified atom stereocenters. The zero-order valence-corrected chi connectivity index (χ0v) is 13.1. The molecule has 0 heterocycles. The first kappa shape index (κ1) is 17.4. The summed E-state index contributed by atoms with van der Waals surface area (Å²) in [4.78, 5) is 13.0. The van der Waals surface area contributed by atoms with Gasteiger partial charge in [-0.15, -0.1) is 0 Å². The summed E-state index contributed by atoms with van der Waals surface area (Å²) in [6, 6.07) is 4.46. The second-order valence-corrected chi connectivity index (χ2v) is 5.36. The molecule has 1 rings (SSSR count). The van der Waals surface area contributed by atoms with Gasteiger partial charge in [0.05, 0.1) is 6.61 Å². The standard InChI is InChI=1S/C16H25FN2O2/c1-4-14(18)11-12-10-13(17)7-8-15(12)21-9-5-6-16(20)19(2)3/h7-8,10,14H,4-6,9,11,18H2,1-3H3. The number of amides is 1. The van der Waals surface area contributed by atoms with Crippen LogP contribution in [0.3, 0.4) is 0 Å². The summed E-state index contributed by atoms with van der Waals surface area (Å²) in [7, 11) is 3.46. The minimum atomic E-state index is -0.288. The predicted molar refractivity (Wildman–Crippen MR) is 81.8 cm³/mol. The Kier molecular flexibility index (Phi) is 7.15. The number of ether oxygens (including phenoxy) is 1. The number of nitrogens with two attached hydrogens (primary N) is 1. The number of carbonyl (C=O) groups excluding carboxylic acids is 1. The van der Waals surface area contributed by atoms with E-state index in [2.05, 4.69) is 0 Å². The minimum absolute atomic E-state index is 0.00975. The van der Waals surface area contributed by atoms with Crippen LogP contribution in [0.2, 0.25) is 0 Å². The topological polar surface area (TPSA) is 55.6 Å². The molecule has 0 saturated heterocycles. The maximum atomic E-state index is 13.3.